The van der Waals surface area contributed by atoms with Crippen LogP contribution in [-0.2, 0) is 0 Å². The number of carboxylic acid groups (broad SMARTS) is 1. The van der Waals surface area contributed by atoms with Crippen molar-refractivity contribution in [2.45, 2.75) is 77.6 Å². The van der Waals surface area contributed by atoms with Crippen LogP contribution in [0.4, 0.5) is 0 Å². The molecule has 1 aliphatic carbocycles. The summed E-state index contributed by atoms with van der Waals surface area (Å²) in [6, 6.07) is 6.68. The topological polar surface area (TPSA) is 46.5 Å². The van der Waals surface area contributed by atoms with Crippen LogP contribution in [0.2, 0.25) is 0 Å². The van der Waals surface area contributed by atoms with Crippen LogP contribution in [0.3, 0.4) is 0 Å². The molecule has 0 bridgehead atoms. The summed E-state index contributed by atoms with van der Waals surface area (Å²) < 4.78 is 5.74. The molecule has 2 rings (SSSR count). The molecule has 1 aromatic rings. The van der Waals surface area contributed by atoms with Gasteiger partial charge in [0.2, 0.25) is 0 Å². The third-order valence-corrected chi connectivity index (χ3v) is 5.56. The number of benzene rings is 1. The second-order valence-electron chi connectivity index (χ2n) is 7.56. The van der Waals surface area contributed by atoms with Gasteiger partial charge in [0.05, 0.1) is 12.2 Å². The molecule has 140 valence electrons. The molecular weight excluding hydrogens is 312 g/mol. The van der Waals surface area contributed by atoms with E-state index in [1.54, 1.807) is 24.3 Å². The summed E-state index contributed by atoms with van der Waals surface area (Å²) in [4.78, 5) is 10.8. The fraction of sp³-hybridized carbons (Fsp3) is 0.682. The third-order valence-electron chi connectivity index (χ3n) is 5.56. The van der Waals surface area contributed by atoms with E-state index in [-0.39, 0.29) is 0 Å². The molecule has 0 aromatic heterocycles. The number of unbranched alkanes of at least 4 members (excludes halogenated alkanes) is 3. The molecule has 1 fully saturated rings. The number of hydrogen-bond acceptors (Lipinski definition) is 2. The molecule has 0 amide bonds. The highest BCUT2D eigenvalue weighted by Crippen LogP contribution is 2.34. The van der Waals surface area contributed by atoms with Crippen LogP contribution in [0.5, 0.6) is 5.75 Å². The van der Waals surface area contributed by atoms with E-state index < -0.39 is 5.97 Å². The number of hydrogen-bond donors (Lipinski definition) is 1. The number of carbonyl (C=O) groups is 1. The van der Waals surface area contributed by atoms with Crippen LogP contribution in [0, 0.1) is 11.8 Å². The van der Waals surface area contributed by atoms with Crippen molar-refractivity contribution in [3.05, 3.63) is 29.8 Å². The lowest BCUT2D eigenvalue weighted by molar-refractivity contribution is 0.0697. The maximum Gasteiger partial charge on any atom is 0.335 e. The zero-order valence-electron chi connectivity index (χ0n) is 15.7. The number of aromatic carboxylic acids is 1. The average molecular weight is 347 g/mol. The molecular formula is C22H34O3. The predicted octanol–water partition coefficient (Wildman–Crippen LogP) is 6.32. The smallest absolute Gasteiger partial charge is 0.335 e. The van der Waals surface area contributed by atoms with E-state index in [2.05, 4.69) is 6.92 Å². The fourth-order valence-corrected chi connectivity index (χ4v) is 3.92. The Kier molecular flexibility index (Phi) is 8.85. The number of carboxylic acids is 1. The minimum atomic E-state index is -0.896. The van der Waals surface area contributed by atoms with Gasteiger partial charge in [-0.05, 0) is 48.9 Å². The molecule has 1 aromatic carbocycles. The van der Waals surface area contributed by atoms with E-state index in [0.29, 0.717) is 5.56 Å². The Labute approximate surface area is 152 Å². The largest absolute Gasteiger partial charge is 0.494 e. The molecule has 3 heteroatoms. The Balaban J connectivity index is 1.53. The van der Waals surface area contributed by atoms with Crippen molar-refractivity contribution in [2.24, 2.45) is 11.8 Å². The zero-order chi connectivity index (χ0) is 17.9. The van der Waals surface area contributed by atoms with Gasteiger partial charge in [-0.3, -0.25) is 0 Å². The lowest BCUT2D eigenvalue weighted by atomic mass is 9.78. The fourth-order valence-electron chi connectivity index (χ4n) is 3.92. The van der Waals surface area contributed by atoms with Crippen molar-refractivity contribution in [2.75, 3.05) is 6.61 Å². The zero-order valence-corrected chi connectivity index (χ0v) is 15.7. The highest BCUT2D eigenvalue weighted by Gasteiger charge is 2.20. The number of rotatable bonds is 11. The quantitative estimate of drug-likeness (QED) is 0.477. The maximum absolute atomic E-state index is 10.8. The molecule has 0 aliphatic heterocycles. The van der Waals surface area contributed by atoms with Crippen molar-refractivity contribution in [3.8, 4) is 5.75 Å². The molecule has 0 saturated heterocycles. The molecule has 0 heterocycles. The summed E-state index contributed by atoms with van der Waals surface area (Å²) in [5.74, 6) is 1.73. The van der Waals surface area contributed by atoms with Crippen LogP contribution in [0.25, 0.3) is 0 Å². The van der Waals surface area contributed by atoms with Crippen molar-refractivity contribution >= 4 is 5.97 Å². The molecule has 1 N–H and O–H groups in total. The lowest BCUT2D eigenvalue weighted by Crippen LogP contribution is -2.15. The van der Waals surface area contributed by atoms with Gasteiger partial charge in [0.1, 0.15) is 5.75 Å². The SMILES string of the molecule is CCCCCC[C@H]1CC[C@H](CCCOc2ccc(C(=O)O)cc2)CC1. The Bertz CT molecular complexity index is 486. The van der Waals surface area contributed by atoms with Gasteiger partial charge < -0.3 is 9.84 Å². The van der Waals surface area contributed by atoms with Gasteiger partial charge in [-0.2, -0.15) is 0 Å². The van der Waals surface area contributed by atoms with E-state index >= 15 is 0 Å². The van der Waals surface area contributed by atoms with Gasteiger partial charge in [0.25, 0.3) is 0 Å². The summed E-state index contributed by atoms with van der Waals surface area (Å²) >= 11 is 0. The van der Waals surface area contributed by atoms with Gasteiger partial charge in [0, 0.05) is 0 Å². The van der Waals surface area contributed by atoms with Crippen LogP contribution in [-0.4, -0.2) is 17.7 Å². The molecule has 1 saturated carbocycles. The highest BCUT2D eigenvalue weighted by molar-refractivity contribution is 5.87. The summed E-state index contributed by atoms with van der Waals surface area (Å²) in [5, 5.41) is 8.88. The van der Waals surface area contributed by atoms with Crippen LogP contribution in [0.1, 0.15) is 87.9 Å². The van der Waals surface area contributed by atoms with Gasteiger partial charge in [-0.1, -0.05) is 64.7 Å². The molecule has 1 aliphatic rings. The maximum atomic E-state index is 10.8. The van der Waals surface area contributed by atoms with Gasteiger partial charge in [-0.25, -0.2) is 4.79 Å². The third kappa shape index (κ3) is 7.50. The highest BCUT2D eigenvalue weighted by atomic mass is 16.5. The second kappa shape index (κ2) is 11.2. The first kappa shape index (κ1) is 19.8. The minimum absolute atomic E-state index is 0.304. The number of ether oxygens (including phenoxy) is 1. The van der Waals surface area contributed by atoms with E-state index in [4.69, 9.17) is 9.84 Å². The first-order valence-electron chi connectivity index (χ1n) is 10.1. The van der Waals surface area contributed by atoms with E-state index in [1.165, 1.54) is 64.2 Å². The summed E-state index contributed by atoms with van der Waals surface area (Å²) in [6.07, 6.45) is 15.0. The molecule has 0 spiro atoms. The Morgan fingerprint density at radius 3 is 2.12 bits per heavy atom. The first-order valence-corrected chi connectivity index (χ1v) is 10.1. The van der Waals surface area contributed by atoms with E-state index in [1.807, 2.05) is 0 Å². The van der Waals surface area contributed by atoms with Crippen LogP contribution in [0.15, 0.2) is 24.3 Å². The average Bonchev–Trinajstić information content (AvgIpc) is 2.64. The van der Waals surface area contributed by atoms with Crippen molar-refractivity contribution < 1.29 is 14.6 Å². The summed E-state index contributed by atoms with van der Waals surface area (Å²) in [6.45, 7) is 3.00. The van der Waals surface area contributed by atoms with Gasteiger partial charge >= 0.3 is 5.97 Å². The van der Waals surface area contributed by atoms with Gasteiger partial charge in [-0.15, -0.1) is 0 Å². The summed E-state index contributed by atoms with van der Waals surface area (Å²) in [7, 11) is 0. The van der Waals surface area contributed by atoms with E-state index in [9.17, 15) is 4.79 Å². The standard InChI is InChI=1S/C22H34O3/c1-2-3-4-5-7-18-9-11-19(12-10-18)8-6-17-25-21-15-13-20(14-16-21)22(23)24/h13-16,18-19H,2-12,17H2,1H3,(H,23,24)/t18-,19-. The Morgan fingerprint density at radius 1 is 0.960 bits per heavy atom. The predicted molar refractivity (Wildman–Crippen MR) is 102 cm³/mol. The van der Waals surface area contributed by atoms with Crippen molar-refractivity contribution in [3.63, 3.8) is 0 Å². The second-order valence-corrected chi connectivity index (χ2v) is 7.56. The van der Waals surface area contributed by atoms with Gasteiger partial charge in [0.15, 0.2) is 0 Å². The van der Waals surface area contributed by atoms with Crippen LogP contribution < -0.4 is 4.74 Å². The van der Waals surface area contributed by atoms with Crippen molar-refractivity contribution in [1.82, 2.24) is 0 Å². The van der Waals surface area contributed by atoms with E-state index in [0.717, 1.165) is 30.6 Å². The van der Waals surface area contributed by atoms with Crippen LogP contribution >= 0.6 is 0 Å². The molecule has 25 heavy (non-hydrogen) atoms. The monoisotopic (exact) mass is 346 g/mol. The Hall–Kier alpha value is -1.51. The molecule has 3 nitrogen and oxygen atoms in total. The normalized spacial score (nSPS) is 20.4. The molecule has 0 atom stereocenters. The van der Waals surface area contributed by atoms with Crippen molar-refractivity contribution in [1.29, 1.82) is 0 Å². The Morgan fingerprint density at radius 2 is 1.56 bits per heavy atom. The minimum Gasteiger partial charge on any atom is -0.494 e. The lowest BCUT2D eigenvalue weighted by Gasteiger charge is -2.28. The molecule has 0 unspecified atom stereocenters. The molecule has 0 radical (unpaired) electrons. The first-order chi connectivity index (χ1) is 12.2. The summed E-state index contributed by atoms with van der Waals surface area (Å²) in [5.41, 5.74) is 0.304.